The summed E-state index contributed by atoms with van der Waals surface area (Å²) in [6.07, 6.45) is 1.23. The highest BCUT2D eigenvalue weighted by molar-refractivity contribution is 5.25. The molecule has 1 atom stereocenters. The summed E-state index contributed by atoms with van der Waals surface area (Å²) in [4.78, 5) is 2.39. The molecular formula is C13H21N3. The first kappa shape index (κ1) is 11.6. The van der Waals surface area contributed by atoms with E-state index in [1.165, 1.54) is 24.1 Å². The molecule has 2 rings (SSSR count). The molecule has 1 heterocycles. The van der Waals surface area contributed by atoms with Crippen molar-refractivity contribution < 1.29 is 0 Å². The Morgan fingerprint density at radius 3 is 2.81 bits per heavy atom. The third kappa shape index (κ3) is 2.82. The van der Waals surface area contributed by atoms with Gasteiger partial charge in [0, 0.05) is 19.1 Å². The summed E-state index contributed by atoms with van der Waals surface area (Å²) in [5.41, 5.74) is 8.17. The number of hydrogen-bond donors (Lipinski definition) is 2. The molecule has 3 heteroatoms. The first-order valence-corrected chi connectivity index (χ1v) is 6.00. The lowest BCUT2D eigenvalue weighted by Gasteiger charge is -2.21. The third-order valence-corrected chi connectivity index (χ3v) is 3.22. The van der Waals surface area contributed by atoms with Gasteiger partial charge < -0.3 is 16.0 Å². The molecule has 16 heavy (non-hydrogen) atoms. The fraction of sp³-hybridized carbons (Fsp3) is 0.538. The second-order valence-corrected chi connectivity index (χ2v) is 4.57. The minimum Gasteiger partial charge on any atom is -0.326 e. The molecule has 0 saturated carbocycles. The maximum absolute atomic E-state index is 5.60. The van der Waals surface area contributed by atoms with E-state index in [0.717, 1.165) is 13.1 Å². The van der Waals surface area contributed by atoms with Gasteiger partial charge in [0.15, 0.2) is 0 Å². The zero-order valence-corrected chi connectivity index (χ0v) is 9.95. The Morgan fingerprint density at radius 2 is 2.12 bits per heavy atom. The summed E-state index contributed by atoms with van der Waals surface area (Å²) in [7, 11) is 2.19. The molecule has 0 aliphatic carbocycles. The van der Waals surface area contributed by atoms with Gasteiger partial charge in [-0.05, 0) is 37.7 Å². The van der Waals surface area contributed by atoms with Crippen LogP contribution in [0, 0.1) is 0 Å². The minimum atomic E-state index is 0.458. The molecule has 1 unspecified atom stereocenters. The number of nitrogens with two attached hydrogens (primary N) is 1. The van der Waals surface area contributed by atoms with Gasteiger partial charge in [-0.15, -0.1) is 0 Å². The molecule has 0 bridgehead atoms. The highest BCUT2D eigenvalue weighted by atomic mass is 15.1. The lowest BCUT2D eigenvalue weighted by Crippen LogP contribution is -2.28. The molecule has 0 radical (unpaired) electrons. The Labute approximate surface area is 97.6 Å². The number of nitrogens with one attached hydrogen (secondary N) is 1. The number of nitrogens with zero attached hydrogens (tertiary/aromatic N) is 1. The second kappa shape index (κ2) is 5.43. The van der Waals surface area contributed by atoms with Gasteiger partial charge in [-0.1, -0.05) is 24.3 Å². The fourth-order valence-electron chi connectivity index (χ4n) is 2.20. The van der Waals surface area contributed by atoms with Crippen LogP contribution in [-0.2, 0) is 6.54 Å². The molecule has 1 saturated heterocycles. The first-order valence-electron chi connectivity index (χ1n) is 6.00. The van der Waals surface area contributed by atoms with E-state index in [1.807, 2.05) is 0 Å². The molecule has 0 aromatic heterocycles. The molecule has 88 valence electrons. The van der Waals surface area contributed by atoms with Gasteiger partial charge in [0.25, 0.3) is 0 Å². The van der Waals surface area contributed by atoms with Crippen LogP contribution in [0.15, 0.2) is 24.3 Å². The molecular weight excluding hydrogens is 198 g/mol. The van der Waals surface area contributed by atoms with Crippen LogP contribution < -0.4 is 11.1 Å². The predicted molar refractivity (Wildman–Crippen MR) is 67.2 cm³/mol. The first-order chi connectivity index (χ1) is 7.79. The highest BCUT2D eigenvalue weighted by Crippen LogP contribution is 2.16. The Morgan fingerprint density at radius 1 is 1.38 bits per heavy atom. The van der Waals surface area contributed by atoms with E-state index < -0.39 is 0 Å². The van der Waals surface area contributed by atoms with Crippen LogP contribution in [0.2, 0.25) is 0 Å². The highest BCUT2D eigenvalue weighted by Gasteiger charge is 2.16. The predicted octanol–water partition coefficient (Wildman–Crippen LogP) is 1.11. The molecule has 3 nitrogen and oxygen atoms in total. The average Bonchev–Trinajstić information content (AvgIpc) is 2.54. The van der Waals surface area contributed by atoms with E-state index in [0.29, 0.717) is 12.6 Å². The van der Waals surface area contributed by atoms with Crippen molar-refractivity contribution >= 4 is 0 Å². The standard InChI is InChI=1S/C13H21N3/c1-16-8-2-7-15-13(10-16)12-5-3-11(9-14)4-6-12/h3-6,13,15H,2,7-10,14H2,1H3. The monoisotopic (exact) mass is 219 g/mol. The summed E-state index contributed by atoms with van der Waals surface area (Å²) in [6, 6.07) is 9.10. The van der Waals surface area contributed by atoms with E-state index in [4.69, 9.17) is 5.73 Å². The Balaban J connectivity index is 2.09. The van der Waals surface area contributed by atoms with Crippen molar-refractivity contribution in [3.05, 3.63) is 35.4 Å². The molecule has 0 spiro atoms. The molecule has 1 aromatic carbocycles. The van der Waals surface area contributed by atoms with Crippen molar-refractivity contribution in [2.45, 2.75) is 19.0 Å². The number of benzene rings is 1. The molecule has 3 N–H and O–H groups in total. The summed E-state index contributed by atoms with van der Waals surface area (Å²) in [6.45, 7) is 4.00. The van der Waals surface area contributed by atoms with Crippen LogP contribution in [0.5, 0.6) is 0 Å². The van der Waals surface area contributed by atoms with Gasteiger partial charge in [-0.25, -0.2) is 0 Å². The normalized spacial score (nSPS) is 23.0. The van der Waals surface area contributed by atoms with E-state index in [1.54, 1.807) is 0 Å². The zero-order valence-electron chi connectivity index (χ0n) is 9.95. The van der Waals surface area contributed by atoms with Crippen LogP contribution >= 0.6 is 0 Å². The number of rotatable bonds is 2. The van der Waals surface area contributed by atoms with Crippen molar-refractivity contribution in [2.24, 2.45) is 5.73 Å². The zero-order chi connectivity index (χ0) is 11.4. The van der Waals surface area contributed by atoms with E-state index in [-0.39, 0.29) is 0 Å². The van der Waals surface area contributed by atoms with Crippen molar-refractivity contribution in [1.29, 1.82) is 0 Å². The van der Waals surface area contributed by atoms with Crippen LogP contribution in [0.3, 0.4) is 0 Å². The van der Waals surface area contributed by atoms with Crippen LogP contribution in [0.4, 0.5) is 0 Å². The SMILES string of the molecule is CN1CCCNC(c2ccc(CN)cc2)C1. The van der Waals surface area contributed by atoms with Crippen LogP contribution in [0.1, 0.15) is 23.6 Å². The lowest BCUT2D eigenvalue weighted by atomic mass is 10.0. The third-order valence-electron chi connectivity index (χ3n) is 3.22. The molecule has 1 fully saturated rings. The maximum atomic E-state index is 5.60. The van der Waals surface area contributed by atoms with Crippen molar-refractivity contribution in [3.8, 4) is 0 Å². The Hall–Kier alpha value is -0.900. The fourth-order valence-corrected chi connectivity index (χ4v) is 2.20. The molecule has 0 amide bonds. The van der Waals surface area contributed by atoms with Gasteiger partial charge in [0.05, 0.1) is 0 Å². The van der Waals surface area contributed by atoms with Crippen molar-refractivity contribution in [3.63, 3.8) is 0 Å². The Kier molecular flexibility index (Phi) is 3.93. The number of hydrogen-bond acceptors (Lipinski definition) is 3. The van der Waals surface area contributed by atoms with E-state index >= 15 is 0 Å². The van der Waals surface area contributed by atoms with Crippen molar-refractivity contribution in [1.82, 2.24) is 10.2 Å². The van der Waals surface area contributed by atoms with Crippen LogP contribution in [-0.4, -0.2) is 31.6 Å². The topological polar surface area (TPSA) is 41.3 Å². The quantitative estimate of drug-likeness (QED) is 0.783. The van der Waals surface area contributed by atoms with Gasteiger partial charge in [-0.2, -0.15) is 0 Å². The van der Waals surface area contributed by atoms with E-state index in [9.17, 15) is 0 Å². The van der Waals surface area contributed by atoms with Gasteiger partial charge >= 0.3 is 0 Å². The average molecular weight is 219 g/mol. The number of likely N-dealkylation sites (N-methyl/N-ethyl adjacent to an activating group) is 1. The van der Waals surface area contributed by atoms with Gasteiger partial charge in [-0.3, -0.25) is 0 Å². The maximum Gasteiger partial charge on any atom is 0.0449 e. The summed E-state index contributed by atoms with van der Waals surface area (Å²) in [5, 5.41) is 3.59. The molecule has 1 aliphatic rings. The summed E-state index contributed by atoms with van der Waals surface area (Å²) < 4.78 is 0. The second-order valence-electron chi connectivity index (χ2n) is 4.57. The smallest absolute Gasteiger partial charge is 0.0449 e. The van der Waals surface area contributed by atoms with Crippen molar-refractivity contribution in [2.75, 3.05) is 26.7 Å². The minimum absolute atomic E-state index is 0.458. The van der Waals surface area contributed by atoms with Gasteiger partial charge in [0.2, 0.25) is 0 Å². The van der Waals surface area contributed by atoms with Gasteiger partial charge in [0.1, 0.15) is 0 Å². The summed E-state index contributed by atoms with van der Waals surface area (Å²) in [5.74, 6) is 0. The lowest BCUT2D eigenvalue weighted by molar-refractivity contribution is 0.326. The molecule has 1 aromatic rings. The van der Waals surface area contributed by atoms with Crippen LogP contribution in [0.25, 0.3) is 0 Å². The largest absolute Gasteiger partial charge is 0.326 e. The molecule has 1 aliphatic heterocycles. The Bertz CT molecular complexity index is 320. The summed E-state index contributed by atoms with van der Waals surface area (Å²) >= 11 is 0. The van der Waals surface area contributed by atoms with E-state index in [2.05, 4.69) is 41.5 Å².